The molecule has 0 aliphatic carbocycles. The van der Waals surface area contributed by atoms with Crippen molar-refractivity contribution in [3.63, 3.8) is 0 Å². The molecule has 2 rings (SSSR count). The molecule has 5 heteroatoms. The Morgan fingerprint density at radius 3 is 2.48 bits per heavy atom. The zero-order chi connectivity index (χ0) is 17.1. The number of halogens is 1. The SMILES string of the molecule is CC(C)c1cc(C(=O)N(C)Cc2cccc(F)c2)c(O)cc1O. The number of amides is 1. The highest BCUT2D eigenvalue weighted by atomic mass is 19.1. The fourth-order valence-corrected chi connectivity index (χ4v) is 2.41. The van der Waals surface area contributed by atoms with Crippen LogP contribution in [0.1, 0.15) is 41.3 Å². The van der Waals surface area contributed by atoms with Crippen LogP contribution in [0.5, 0.6) is 11.5 Å². The minimum atomic E-state index is -0.395. The average Bonchev–Trinajstić information content (AvgIpc) is 2.46. The molecule has 0 bridgehead atoms. The minimum Gasteiger partial charge on any atom is -0.508 e. The summed E-state index contributed by atoms with van der Waals surface area (Å²) in [6, 6.07) is 8.69. The van der Waals surface area contributed by atoms with Crippen molar-refractivity contribution < 1.29 is 19.4 Å². The molecule has 0 fully saturated rings. The lowest BCUT2D eigenvalue weighted by Crippen LogP contribution is -2.26. The Hall–Kier alpha value is -2.56. The zero-order valence-corrected chi connectivity index (χ0v) is 13.4. The summed E-state index contributed by atoms with van der Waals surface area (Å²) in [5.41, 5.74) is 1.36. The molecule has 0 aromatic heterocycles. The molecule has 0 unspecified atom stereocenters. The molecule has 0 radical (unpaired) electrons. The van der Waals surface area contributed by atoms with E-state index in [2.05, 4.69) is 0 Å². The Morgan fingerprint density at radius 2 is 1.87 bits per heavy atom. The number of carbonyl (C=O) groups excluding carboxylic acids is 1. The molecule has 0 aliphatic heterocycles. The van der Waals surface area contributed by atoms with Gasteiger partial charge in [-0.2, -0.15) is 0 Å². The number of hydrogen-bond donors (Lipinski definition) is 2. The van der Waals surface area contributed by atoms with E-state index >= 15 is 0 Å². The fourth-order valence-electron chi connectivity index (χ4n) is 2.41. The van der Waals surface area contributed by atoms with Crippen LogP contribution >= 0.6 is 0 Å². The van der Waals surface area contributed by atoms with Gasteiger partial charge in [0.2, 0.25) is 0 Å². The Kier molecular flexibility index (Phi) is 4.89. The van der Waals surface area contributed by atoms with Gasteiger partial charge in [0.05, 0.1) is 5.56 Å². The Morgan fingerprint density at radius 1 is 1.17 bits per heavy atom. The van der Waals surface area contributed by atoms with E-state index in [4.69, 9.17) is 0 Å². The van der Waals surface area contributed by atoms with E-state index in [1.807, 2.05) is 13.8 Å². The maximum atomic E-state index is 13.2. The standard InChI is InChI=1S/C18H20FNO3/c1-11(2)14-8-15(17(22)9-16(14)21)18(23)20(3)10-12-5-4-6-13(19)7-12/h4-9,11,21-22H,10H2,1-3H3. The zero-order valence-electron chi connectivity index (χ0n) is 13.4. The van der Waals surface area contributed by atoms with Gasteiger partial charge in [0.15, 0.2) is 0 Å². The second-order valence-electron chi connectivity index (χ2n) is 5.87. The van der Waals surface area contributed by atoms with Gasteiger partial charge in [0.1, 0.15) is 17.3 Å². The highest BCUT2D eigenvalue weighted by molar-refractivity contribution is 5.97. The molecule has 0 heterocycles. The molecule has 4 nitrogen and oxygen atoms in total. The maximum absolute atomic E-state index is 13.2. The van der Waals surface area contributed by atoms with Crippen molar-refractivity contribution >= 4 is 5.91 Å². The van der Waals surface area contributed by atoms with Gasteiger partial charge in [0, 0.05) is 19.7 Å². The van der Waals surface area contributed by atoms with Gasteiger partial charge in [-0.1, -0.05) is 26.0 Å². The van der Waals surface area contributed by atoms with Crippen molar-refractivity contribution in [2.45, 2.75) is 26.3 Å². The minimum absolute atomic E-state index is 0.00988. The largest absolute Gasteiger partial charge is 0.508 e. The van der Waals surface area contributed by atoms with Crippen LogP contribution in [0.3, 0.4) is 0 Å². The summed E-state index contributed by atoms with van der Waals surface area (Å²) in [5, 5.41) is 19.8. The summed E-state index contributed by atoms with van der Waals surface area (Å²) >= 11 is 0. The van der Waals surface area contributed by atoms with Gasteiger partial charge in [-0.15, -0.1) is 0 Å². The van der Waals surface area contributed by atoms with Crippen molar-refractivity contribution in [2.75, 3.05) is 7.05 Å². The van der Waals surface area contributed by atoms with Crippen LogP contribution in [-0.4, -0.2) is 28.1 Å². The number of nitrogens with zero attached hydrogens (tertiary/aromatic N) is 1. The molecule has 122 valence electrons. The second-order valence-corrected chi connectivity index (χ2v) is 5.87. The topological polar surface area (TPSA) is 60.8 Å². The highest BCUT2D eigenvalue weighted by Gasteiger charge is 2.20. The van der Waals surface area contributed by atoms with Crippen molar-refractivity contribution in [1.29, 1.82) is 0 Å². The molecular weight excluding hydrogens is 297 g/mol. The fraction of sp³-hybridized carbons (Fsp3) is 0.278. The van der Waals surface area contributed by atoms with Gasteiger partial charge in [-0.25, -0.2) is 4.39 Å². The molecule has 2 aromatic carbocycles. The van der Waals surface area contributed by atoms with Crippen LogP contribution < -0.4 is 0 Å². The summed E-state index contributed by atoms with van der Waals surface area (Å²) in [6.07, 6.45) is 0. The third kappa shape index (κ3) is 3.80. The van der Waals surface area contributed by atoms with Gasteiger partial charge in [0.25, 0.3) is 5.91 Å². The molecule has 2 aromatic rings. The maximum Gasteiger partial charge on any atom is 0.257 e. The van der Waals surface area contributed by atoms with E-state index in [1.165, 1.54) is 29.2 Å². The van der Waals surface area contributed by atoms with Crippen molar-refractivity contribution in [3.8, 4) is 11.5 Å². The normalized spacial score (nSPS) is 10.8. The molecule has 0 aliphatic rings. The monoisotopic (exact) mass is 317 g/mol. The second kappa shape index (κ2) is 6.69. The molecule has 0 atom stereocenters. The van der Waals surface area contributed by atoms with E-state index in [-0.39, 0.29) is 35.3 Å². The average molecular weight is 317 g/mol. The van der Waals surface area contributed by atoms with E-state index in [9.17, 15) is 19.4 Å². The lowest BCUT2D eigenvalue weighted by molar-refractivity contribution is 0.0781. The lowest BCUT2D eigenvalue weighted by Gasteiger charge is -2.19. The number of rotatable bonds is 4. The molecule has 23 heavy (non-hydrogen) atoms. The smallest absolute Gasteiger partial charge is 0.257 e. The van der Waals surface area contributed by atoms with Crippen LogP contribution in [0, 0.1) is 5.82 Å². The summed E-state index contributed by atoms with van der Waals surface area (Å²) in [5.74, 6) is -1.06. The van der Waals surface area contributed by atoms with Crippen LogP contribution in [-0.2, 0) is 6.54 Å². The van der Waals surface area contributed by atoms with Gasteiger partial charge >= 0.3 is 0 Å². The first-order valence-corrected chi connectivity index (χ1v) is 7.35. The third-order valence-electron chi connectivity index (χ3n) is 3.65. The van der Waals surface area contributed by atoms with Crippen molar-refractivity contribution in [2.24, 2.45) is 0 Å². The van der Waals surface area contributed by atoms with Crippen LogP contribution in [0.2, 0.25) is 0 Å². The predicted octanol–water partition coefficient (Wildman–Crippen LogP) is 3.63. The van der Waals surface area contributed by atoms with Crippen LogP contribution in [0.15, 0.2) is 36.4 Å². The predicted molar refractivity (Wildman–Crippen MR) is 86.1 cm³/mol. The first kappa shape index (κ1) is 16.8. The summed E-state index contributed by atoms with van der Waals surface area (Å²) in [6.45, 7) is 3.99. The molecule has 2 N–H and O–H groups in total. The van der Waals surface area contributed by atoms with Crippen molar-refractivity contribution in [3.05, 3.63) is 58.9 Å². The van der Waals surface area contributed by atoms with Gasteiger partial charge in [-0.3, -0.25) is 4.79 Å². The Labute approximate surface area is 134 Å². The lowest BCUT2D eigenvalue weighted by atomic mass is 9.98. The number of aromatic hydroxyl groups is 2. The first-order chi connectivity index (χ1) is 10.8. The quantitative estimate of drug-likeness (QED) is 0.905. The number of phenolic OH excluding ortho intramolecular Hbond substituents is 2. The molecule has 0 saturated heterocycles. The van der Waals surface area contributed by atoms with E-state index < -0.39 is 5.91 Å². The number of hydrogen-bond acceptors (Lipinski definition) is 3. The Balaban J connectivity index is 2.27. The number of carbonyl (C=O) groups is 1. The van der Waals surface area contributed by atoms with E-state index in [1.54, 1.807) is 19.2 Å². The molecule has 0 spiro atoms. The van der Waals surface area contributed by atoms with E-state index in [0.717, 1.165) is 0 Å². The van der Waals surface area contributed by atoms with Crippen LogP contribution in [0.25, 0.3) is 0 Å². The first-order valence-electron chi connectivity index (χ1n) is 7.35. The third-order valence-corrected chi connectivity index (χ3v) is 3.65. The summed E-state index contributed by atoms with van der Waals surface area (Å²) < 4.78 is 13.2. The van der Waals surface area contributed by atoms with Gasteiger partial charge in [-0.05, 0) is 35.2 Å². The van der Waals surface area contributed by atoms with Crippen molar-refractivity contribution in [1.82, 2.24) is 4.90 Å². The number of phenols is 2. The van der Waals surface area contributed by atoms with Crippen LogP contribution in [0.4, 0.5) is 4.39 Å². The highest BCUT2D eigenvalue weighted by Crippen LogP contribution is 2.32. The molecule has 1 amide bonds. The Bertz CT molecular complexity index is 728. The van der Waals surface area contributed by atoms with E-state index in [0.29, 0.717) is 11.1 Å². The summed E-state index contributed by atoms with van der Waals surface area (Å²) in [4.78, 5) is 13.9. The van der Waals surface area contributed by atoms with Gasteiger partial charge < -0.3 is 15.1 Å². The summed E-state index contributed by atoms with van der Waals surface area (Å²) in [7, 11) is 1.58. The molecular formula is C18H20FNO3. The molecule has 0 saturated carbocycles. The number of benzene rings is 2.